The summed E-state index contributed by atoms with van der Waals surface area (Å²) in [6, 6.07) is 25.2. The predicted octanol–water partition coefficient (Wildman–Crippen LogP) is 3.46. The van der Waals surface area contributed by atoms with E-state index in [9.17, 15) is 31.5 Å². The molecular weight excluding hydrogens is 738 g/mol. The third kappa shape index (κ3) is 13.3. The molecule has 1 heterocycles. The van der Waals surface area contributed by atoms with E-state index in [1.54, 1.807) is 54.3 Å². The SMILES string of the molecule is C.CC(=[NH2+])c1ccc(C(=O)O)cc1.Cc1ccc(-n2cnc(-c3ccc(C(=O)O)cc3)n2)cc1.Cl.NNc1ccc(OC(F)(F)C(F)(F)F)cc1.[Cl-]. The normalized spacial score (nSPS) is 10.2. The van der Waals surface area contributed by atoms with Crippen LogP contribution in [0.25, 0.3) is 17.1 Å². The molecule has 0 saturated heterocycles. The topological polar surface area (TPSA) is 178 Å². The number of anilines is 1. The Bertz CT molecular complexity index is 1840. The second-order valence-electron chi connectivity index (χ2n) is 10.1. The molecule has 0 fully saturated rings. The number of rotatable bonds is 8. The number of halogens is 7. The average Bonchev–Trinajstić information content (AvgIpc) is 3.56. The van der Waals surface area contributed by atoms with Crippen LogP contribution in [-0.4, -0.2) is 54.9 Å². The summed E-state index contributed by atoms with van der Waals surface area (Å²) in [5.41, 5.74) is 7.50. The number of alkyl halides is 5. The van der Waals surface area contributed by atoms with Crippen molar-refractivity contribution in [2.24, 2.45) is 5.84 Å². The number of carboxylic acids is 2. The van der Waals surface area contributed by atoms with Crippen molar-refractivity contribution in [1.82, 2.24) is 14.8 Å². The second-order valence-corrected chi connectivity index (χ2v) is 10.1. The van der Waals surface area contributed by atoms with Gasteiger partial charge in [0, 0.05) is 23.7 Å². The lowest BCUT2D eigenvalue weighted by Gasteiger charge is -2.20. The number of nitrogen functional groups attached to an aromatic ring is 1. The number of aryl methyl sites for hydroxylation is 1. The molecule has 4 aromatic carbocycles. The summed E-state index contributed by atoms with van der Waals surface area (Å²) in [5.74, 6) is 3.07. The molecule has 0 atom stereocenters. The van der Waals surface area contributed by atoms with Crippen molar-refractivity contribution in [3.05, 3.63) is 126 Å². The molecule has 0 aliphatic rings. The quantitative estimate of drug-likeness (QED) is 0.0684. The number of hydrazine groups is 1. The molecule has 0 aliphatic heterocycles. The van der Waals surface area contributed by atoms with Gasteiger partial charge in [-0.05, 0) is 79.7 Å². The van der Waals surface area contributed by atoms with Crippen molar-refractivity contribution in [2.75, 3.05) is 5.43 Å². The number of carbonyl (C=O) groups is 2. The number of aromatic nitrogens is 3. The van der Waals surface area contributed by atoms with Gasteiger partial charge < -0.3 is 32.8 Å². The molecule has 0 unspecified atom stereocenters. The third-order valence-corrected chi connectivity index (χ3v) is 6.36. The van der Waals surface area contributed by atoms with Crippen molar-refractivity contribution in [3.63, 3.8) is 0 Å². The maximum Gasteiger partial charge on any atom is 0.499 e. The van der Waals surface area contributed by atoms with Gasteiger partial charge in [0.05, 0.1) is 16.8 Å². The van der Waals surface area contributed by atoms with E-state index in [1.165, 1.54) is 29.8 Å². The molecule has 7 N–H and O–H groups in total. The highest BCUT2D eigenvalue weighted by molar-refractivity contribution is 5.95. The van der Waals surface area contributed by atoms with Crippen LogP contribution in [0.5, 0.6) is 5.75 Å². The monoisotopic (exact) mass is 772 g/mol. The molecule has 0 spiro atoms. The lowest BCUT2D eigenvalue weighted by molar-refractivity contribution is -0.360. The van der Waals surface area contributed by atoms with E-state index in [4.69, 9.17) is 21.5 Å². The van der Waals surface area contributed by atoms with Crippen LogP contribution in [0.4, 0.5) is 27.6 Å². The van der Waals surface area contributed by atoms with E-state index in [-0.39, 0.29) is 43.4 Å². The van der Waals surface area contributed by atoms with Gasteiger partial charge in [-0.2, -0.15) is 22.0 Å². The molecule has 0 bridgehead atoms. The Morgan fingerprint density at radius 3 is 1.69 bits per heavy atom. The van der Waals surface area contributed by atoms with Gasteiger partial charge in [-0.25, -0.2) is 19.3 Å². The Morgan fingerprint density at radius 2 is 1.27 bits per heavy atom. The highest BCUT2D eigenvalue weighted by atomic mass is 35.5. The van der Waals surface area contributed by atoms with Crippen LogP contribution in [-0.2, 0) is 0 Å². The first-order chi connectivity index (χ1) is 23.0. The number of aromatic carboxylic acids is 2. The molecule has 5 rings (SSSR count). The first kappa shape index (κ1) is 46.4. The van der Waals surface area contributed by atoms with Crippen LogP contribution >= 0.6 is 12.4 Å². The van der Waals surface area contributed by atoms with Crippen LogP contribution in [0.3, 0.4) is 0 Å². The lowest BCUT2D eigenvalue weighted by Crippen LogP contribution is -3.00. The number of hydrogen-bond donors (Lipinski definition) is 5. The average molecular weight is 774 g/mol. The van der Waals surface area contributed by atoms with E-state index < -0.39 is 30.0 Å². The molecule has 0 saturated carbocycles. The van der Waals surface area contributed by atoms with Crippen molar-refractivity contribution in [1.29, 1.82) is 0 Å². The van der Waals surface area contributed by atoms with Crippen LogP contribution < -0.4 is 33.8 Å². The second kappa shape index (κ2) is 20.3. The Balaban J connectivity index is 0.000000758. The summed E-state index contributed by atoms with van der Waals surface area (Å²) in [6.45, 7) is 3.80. The van der Waals surface area contributed by atoms with Gasteiger partial charge in [0.15, 0.2) is 11.5 Å². The fourth-order valence-electron chi connectivity index (χ4n) is 3.68. The van der Waals surface area contributed by atoms with Gasteiger partial charge in [-0.1, -0.05) is 37.3 Å². The third-order valence-electron chi connectivity index (χ3n) is 6.36. The molecular formula is C34H35Cl2F5N6O5. The minimum Gasteiger partial charge on any atom is -1.00 e. The van der Waals surface area contributed by atoms with Crippen molar-refractivity contribution in [2.45, 2.75) is 33.6 Å². The number of nitrogens with zero attached hydrogens (tertiary/aromatic N) is 3. The fraction of sp³-hybridized carbons (Fsp3) is 0.147. The molecule has 0 amide bonds. The summed E-state index contributed by atoms with van der Waals surface area (Å²) in [6.07, 6.45) is -9.33. The van der Waals surface area contributed by atoms with E-state index in [2.05, 4.69) is 20.2 Å². The molecule has 1 aromatic heterocycles. The minimum atomic E-state index is -5.75. The van der Waals surface area contributed by atoms with Gasteiger partial charge in [0.1, 0.15) is 12.1 Å². The first-order valence-corrected chi connectivity index (χ1v) is 14.0. The number of ether oxygens (including phenoxy) is 1. The fourth-order valence-corrected chi connectivity index (χ4v) is 3.68. The van der Waals surface area contributed by atoms with Crippen LogP contribution in [0.2, 0.25) is 0 Å². The van der Waals surface area contributed by atoms with Gasteiger partial charge >= 0.3 is 24.2 Å². The Kier molecular flexibility index (Phi) is 18.1. The maximum absolute atomic E-state index is 12.4. The number of benzene rings is 4. The number of nitrogens with two attached hydrogens (primary N) is 2. The van der Waals surface area contributed by atoms with Crippen molar-refractivity contribution >= 4 is 35.7 Å². The highest BCUT2D eigenvalue weighted by Gasteiger charge is 2.61. The van der Waals surface area contributed by atoms with E-state index >= 15 is 0 Å². The molecule has 280 valence electrons. The number of nitrogens with one attached hydrogen (secondary N) is 1. The van der Waals surface area contributed by atoms with Crippen LogP contribution in [0.15, 0.2) is 103 Å². The highest BCUT2D eigenvalue weighted by Crippen LogP contribution is 2.37. The molecule has 52 heavy (non-hydrogen) atoms. The Labute approximate surface area is 307 Å². The Hall–Kier alpha value is -5.58. The predicted molar refractivity (Wildman–Crippen MR) is 183 cm³/mol. The first-order valence-electron chi connectivity index (χ1n) is 14.0. The molecule has 11 nitrogen and oxygen atoms in total. The van der Waals surface area contributed by atoms with E-state index in [1.807, 2.05) is 31.2 Å². The smallest absolute Gasteiger partial charge is 0.499 e. The van der Waals surface area contributed by atoms with Gasteiger partial charge in [-0.15, -0.1) is 17.5 Å². The number of hydrogen-bond acceptors (Lipinski definition) is 7. The minimum absolute atomic E-state index is 0. The summed E-state index contributed by atoms with van der Waals surface area (Å²) < 4.78 is 65.3. The molecule has 18 heteroatoms. The van der Waals surface area contributed by atoms with Gasteiger partial charge in [0.25, 0.3) is 0 Å². The van der Waals surface area contributed by atoms with Gasteiger partial charge in [-0.3, -0.25) is 11.3 Å². The molecule has 0 aliphatic carbocycles. The zero-order valence-electron chi connectivity index (χ0n) is 26.6. The lowest BCUT2D eigenvalue weighted by atomic mass is 10.1. The summed E-state index contributed by atoms with van der Waals surface area (Å²) in [4.78, 5) is 25.5. The zero-order chi connectivity index (χ0) is 36.4. The maximum atomic E-state index is 12.4. The zero-order valence-corrected chi connectivity index (χ0v) is 28.2. The van der Waals surface area contributed by atoms with Gasteiger partial charge in [0.2, 0.25) is 0 Å². The van der Waals surface area contributed by atoms with E-state index in [0.717, 1.165) is 28.9 Å². The summed E-state index contributed by atoms with van der Waals surface area (Å²) in [7, 11) is 0. The van der Waals surface area contributed by atoms with E-state index in [0.29, 0.717) is 17.2 Å². The number of carboxylic acid groups (broad SMARTS) is 2. The van der Waals surface area contributed by atoms with Crippen molar-refractivity contribution in [3.8, 4) is 22.8 Å². The standard InChI is InChI=1S/C16H13N3O2.C9H9NO2.C8H7F5N2O.CH4.2ClH/c1-11-2-8-14(9-3-11)19-10-17-15(18-19)12-4-6-13(7-5-12)16(20)21;1-6(10)7-2-4-8(5-3-7)9(11)12;9-7(10,11)8(12,13)16-6-3-1-5(15-14)2-4-6;;;/h2-10H,1H3,(H,20,21);2-5,10H,1H3,(H,11,12);1-4,15H,14H2;1H4;2*1H. The largest absolute Gasteiger partial charge is 1.00 e. The van der Waals surface area contributed by atoms with Crippen LogP contribution in [0, 0.1) is 6.92 Å². The molecule has 0 radical (unpaired) electrons. The van der Waals surface area contributed by atoms with Crippen molar-refractivity contribution < 1.29 is 64.3 Å². The summed E-state index contributed by atoms with van der Waals surface area (Å²) >= 11 is 0. The Morgan fingerprint density at radius 1 is 0.808 bits per heavy atom. The molecule has 5 aromatic rings. The summed E-state index contributed by atoms with van der Waals surface area (Å²) in [5, 5.41) is 27.4. The van der Waals surface area contributed by atoms with Crippen LogP contribution in [0.1, 0.15) is 46.2 Å².